The van der Waals surface area contributed by atoms with Crippen molar-refractivity contribution in [2.24, 2.45) is 0 Å². The molecule has 0 aliphatic heterocycles. The predicted octanol–water partition coefficient (Wildman–Crippen LogP) is 5.67. The molecule has 0 aliphatic carbocycles. The Morgan fingerprint density at radius 1 is 0.696 bits per heavy atom. The molecule has 4 aromatic rings. The van der Waals surface area contributed by atoms with Crippen LogP contribution in [0, 0.1) is 6.92 Å². The second-order valence-electron chi connectivity index (χ2n) is 5.99. The van der Waals surface area contributed by atoms with Gasteiger partial charge in [-0.25, -0.2) is 0 Å². The van der Waals surface area contributed by atoms with E-state index in [0.717, 1.165) is 6.54 Å². The molecule has 112 valence electrons. The van der Waals surface area contributed by atoms with E-state index >= 15 is 0 Å². The minimum absolute atomic E-state index is 0.911. The zero-order valence-electron chi connectivity index (χ0n) is 13.2. The van der Waals surface area contributed by atoms with Crippen molar-refractivity contribution in [3.8, 4) is 11.1 Å². The number of hydrogen-bond donors (Lipinski definition) is 0. The topological polar surface area (TPSA) is 4.93 Å². The van der Waals surface area contributed by atoms with Crippen molar-refractivity contribution in [1.29, 1.82) is 0 Å². The van der Waals surface area contributed by atoms with Gasteiger partial charge in [0.15, 0.2) is 0 Å². The summed E-state index contributed by atoms with van der Waals surface area (Å²) in [5, 5.41) is 1.31. The van der Waals surface area contributed by atoms with Crippen LogP contribution < -0.4 is 0 Å². The SMILES string of the molecule is Cc1cc2ccccc2n1Cc1ccc(-c2ccccc2)cc1. The first-order chi connectivity index (χ1) is 11.3. The first kappa shape index (κ1) is 13.8. The molecule has 4 rings (SSSR count). The van der Waals surface area contributed by atoms with Gasteiger partial charge >= 0.3 is 0 Å². The van der Waals surface area contributed by atoms with Crippen LogP contribution in [0.3, 0.4) is 0 Å². The standard InChI is InChI=1S/C22H19N/c1-17-15-21-9-5-6-10-22(21)23(17)16-18-11-13-20(14-12-18)19-7-3-2-4-8-19/h2-15H,16H2,1H3. The molecule has 23 heavy (non-hydrogen) atoms. The molecule has 0 saturated carbocycles. The lowest BCUT2D eigenvalue weighted by molar-refractivity contribution is 0.805. The third-order valence-corrected chi connectivity index (χ3v) is 4.42. The lowest BCUT2D eigenvalue weighted by atomic mass is 10.0. The van der Waals surface area contributed by atoms with E-state index in [0.29, 0.717) is 0 Å². The van der Waals surface area contributed by atoms with Gasteiger partial charge in [-0.15, -0.1) is 0 Å². The lowest BCUT2D eigenvalue weighted by Crippen LogP contribution is -2.01. The quantitative estimate of drug-likeness (QED) is 0.459. The predicted molar refractivity (Wildman–Crippen MR) is 97.7 cm³/mol. The van der Waals surface area contributed by atoms with Gasteiger partial charge in [-0.2, -0.15) is 0 Å². The molecule has 1 heterocycles. The van der Waals surface area contributed by atoms with E-state index < -0.39 is 0 Å². The summed E-state index contributed by atoms with van der Waals surface area (Å²) >= 11 is 0. The average molecular weight is 297 g/mol. The maximum absolute atomic E-state index is 2.38. The molecule has 0 radical (unpaired) electrons. The summed E-state index contributed by atoms with van der Waals surface area (Å²) in [4.78, 5) is 0. The van der Waals surface area contributed by atoms with Crippen molar-refractivity contribution in [1.82, 2.24) is 4.57 Å². The smallest absolute Gasteiger partial charge is 0.0485 e. The molecular weight excluding hydrogens is 278 g/mol. The Morgan fingerprint density at radius 3 is 2.13 bits per heavy atom. The Bertz CT molecular complexity index is 931. The summed E-state index contributed by atoms with van der Waals surface area (Å²) in [5.41, 5.74) is 6.47. The maximum atomic E-state index is 2.38. The van der Waals surface area contributed by atoms with Crippen molar-refractivity contribution in [3.63, 3.8) is 0 Å². The third-order valence-electron chi connectivity index (χ3n) is 4.42. The molecule has 1 aromatic heterocycles. The minimum atomic E-state index is 0.911. The Morgan fingerprint density at radius 2 is 1.35 bits per heavy atom. The minimum Gasteiger partial charge on any atom is -0.340 e. The number of aromatic nitrogens is 1. The average Bonchev–Trinajstić information content (AvgIpc) is 2.92. The number of nitrogens with zero attached hydrogens (tertiary/aromatic N) is 1. The molecule has 3 aromatic carbocycles. The molecule has 0 N–H and O–H groups in total. The van der Waals surface area contributed by atoms with E-state index in [-0.39, 0.29) is 0 Å². The van der Waals surface area contributed by atoms with Gasteiger partial charge in [0.1, 0.15) is 0 Å². The van der Waals surface area contributed by atoms with Crippen LogP contribution in [0.1, 0.15) is 11.3 Å². The van der Waals surface area contributed by atoms with Gasteiger partial charge in [-0.3, -0.25) is 0 Å². The number of hydrogen-bond acceptors (Lipinski definition) is 0. The summed E-state index contributed by atoms with van der Waals surface area (Å²) in [7, 11) is 0. The Kier molecular flexibility index (Phi) is 3.47. The van der Waals surface area contributed by atoms with Crippen LogP contribution in [0.2, 0.25) is 0 Å². The van der Waals surface area contributed by atoms with E-state index in [1.54, 1.807) is 0 Å². The Labute approximate surface area is 136 Å². The number of benzene rings is 3. The van der Waals surface area contributed by atoms with Crippen molar-refractivity contribution >= 4 is 10.9 Å². The van der Waals surface area contributed by atoms with E-state index in [4.69, 9.17) is 0 Å². The van der Waals surface area contributed by atoms with Crippen LogP contribution >= 0.6 is 0 Å². The number of para-hydroxylation sites is 1. The second kappa shape index (κ2) is 5.77. The Hall–Kier alpha value is -2.80. The summed E-state index contributed by atoms with van der Waals surface area (Å²) in [6.45, 7) is 3.09. The van der Waals surface area contributed by atoms with Gasteiger partial charge in [-0.05, 0) is 41.1 Å². The van der Waals surface area contributed by atoms with Crippen LogP contribution in [0.5, 0.6) is 0 Å². The summed E-state index contributed by atoms with van der Waals surface area (Å²) in [6, 6.07) is 30.2. The molecular formula is C22H19N. The fraction of sp³-hybridized carbons (Fsp3) is 0.0909. The molecule has 0 unspecified atom stereocenters. The lowest BCUT2D eigenvalue weighted by Gasteiger charge is -2.09. The van der Waals surface area contributed by atoms with E-state index in [9.17, 15) is 0 Å². The molecule has 1 nitrogen and oxygen atoms in total. The largest absolute Gasteiger partial charge is 0.340 e. The van der Waals surface area contributed by atoms with Gasteiger partial charge in [-0.1, -0.05) is 72.8 Å². The fourth-order valence-electron chi connectivity index (χ4n) is 3.17. The second-order valence-corrected chi connectivity index (χ2v) is 5.99. The van der Waals surface area contributed by atoms with Crippen molar-refractivity contribution < 1.29 is 0 Å². The first-order valence-electron chi connectivity index (χ1n) is 8.00. The molecule has 0 fully saturated rings. The maximum Gasteiger partial charge on any atom is 0.0485 e. The summed E-state index contributed by atoms with van der Waals surface area (Å²) in [5.74, 6) is 0. The summed E-state index contributed by atoms with van der Waals surface area (Å²) < 4.78 is 2.38. The highest BCUT2D eigenvalue weighted by Gasteiger charge is 2.06. The number of rotatable bonds is 3. The monoisotopic (exact) mass is 297 g/mol. The van der Waals surface area contributed by atoms with Crippen LogP contribution in [0.4, 0.5) is 0 Å². The van der Waals surface area contributed by atoms with Crippen molar-refractivity contribution in [3.05, 3.63) is 96.2 Å². The zero-order valence-corrected chi connectivity index (χ0v) is 13.2. The molecule has 1 heteroatoms. The van der Waals surface area contributed by atoms with Crippen LogP contribution in [0.15, 0.2) is 84.9 Å². The number of fused-ring (bicyclic) bond motifs is 1. The van der Waals surface area contributed by atoms with Crippen molar-refractivity contribution in [2.45, 2.75) is 13.5 Å². The summed E-state index contributed by atoms with van der Waals surface area (Å²) in [6.07, 6.45) is 0. The van der Waals surface area contributed by atoms with Gasteiger partial charge in [0.25, 0.3) is 0 Å². The van der Waals surface area contributed by atoms with Crippen LogP contribution in [0.25, 0.3) is 22.0 Å². The van der Waals surface area contributed by atoms with Gasteiger partial charge in [0.2, 0.25) is 0 Å². The number of aryl methyl sites for hydroxylation is 1. The van der Waals surface area contributed by atoms with E-state index in [1.807, 2.05) is 0 Å². The highest BCUT2D eigenvalue weighted by Crippen LogP contribution is 2.23. The van der Waals surface area contributed by atoms with E-state index in [2.05, 4.69) is 96.4 Å². The van der Waals surface area contributed by atoms with Gasteiger partial charge in [0.05, 0.1) is 0 Å². The fourth-order valence-corrected chi connectivity index (χ4v) is 3.17. The molecule has 0 atom stereocenters. The van der Waals surface area contributed by atoms with Crippen LogP contribution in [-0.4, -0.2) is 4.57 Å². The van der Waals surface area contributed by atoms with Crippen molar-refractivity contribution in [2.75, 3.05) is 0 Å². The van der Waals surface area contributed by atoms with Gasteiger partial charge in [0, 0.05) is 17.8 Å². The molecule has 0 saturated heterocycles. The third kappa shape index (κ3) is 2.66. The van der Waals surface area contributed by atoms with Crippen LogP contribution in [-0.2, 0) is 6.54 Å². The highest BCUT2D eigenvalue weighted by molar-refractivity contribution is 5.81. The zero-order chi connectivity index (χ0) is 15.6. The normalized spacial score (nSPS) is 11.0. The van der Waals surface area contributed by atoms with Gasteiger partial charge < -0.3 is 4.57 Å². The molecule has 0 spiro atoms. The molecule has 0 amide bonds. The highest BCUT2D eigenvalue weighted by atomic mass is 15.0. The molecule has 0 aliphatic rings. The molecule has 0 bridgehead atoms. The van der Waals surface area contributed by atoms with E-state index in [1.165, 1.54) is 33.3 Å². The first-order valence-corrected chi connectivity index (χ1v) is 8.00. The Balaban J connectivity index is 1.65.